The van der Waals surface area contributed by atoms with Gasteiger partial charge in [0.25, 0.3) is 0 Å². The second-order valence-corrected chi connectivity index (χ2v) is 8.36. The Morgan fingerprint density at radius 1 is 0.593 bits per heavy atom. The molecule has 27 heavy (non-hydrogen) atoms. The first kappa shape index (κ1) is 14.2. The maximum atomic E-state index is 6.17. The minimum absolute atomic E-state index is 0.268. The van der Waals surface area contributed by atoms with Crippen LogP contribution in [0.3, 0.4) is 0 Å². The summed E-state index contributed by atoms with van der Waals surface area (Å²) < 4.78 is 7.28. The van der Waals surface area contributed by atoms with Gasteiger partial charge in [0.1, 0.15) is 11.2 Å². The number of furan rings is 1. The molecule has 126 valence electrons. The molecule has 0 saturated carbocycles. The lowest BCUT2D eigenvalue weighted by Gasteiger charge is -2.31. The Balaban J connectivity index is 1.80. The lowest BCUT2D eigenvalue weighted by atomic mass is 9.70. The summed E-state index contributed by atoms with van der Waals surface area (Å²) in [4.78, 5) is 0. The number of rotatable bonds is 0. The van der Waals surface area contributed by atoms with E-state index in [9.17, 15) is 0 Å². The summed E-state index contributed by atoms with van der Waals surface area (Å²) in [5.41, 5.74) is 9.74. The molecule has 5 aromatic rings. The highest BCUT2D eigenvalue weighted by molar-refractivity contribution is 9.10. The highest BCUT2D eigenvalue weighted by Gasteiger charge is 2.51. The van der Waals surface area contributed by atoms with Crippen molar-refractivity contribution < 1.29 is 4.42 Å². The van der Waals surface area contributed by atoms with Crippen molar-refractivity contribution in [2.24, 2.45) is 0 Å². The number of halogens is 1. The quantitative estimate of drug-likeness (QED) is 0.262. The van der Waals surface area contributed by atoms with E-state index in [2.05, 4.69) is 94.8 Å². The fourth-order valence-corrected chi connectivity index (χ4v) is 5.83. The van der Waals surface area contributed by atoms with Gasteiger partial charge in [-0.05, 0) is 57.6 Å². The number of benzene rings is 4. The molecule has 0 atom stereocenters. The fourth-order valence-electron chi connectivity index (χ4n) is 5.47. The molecular formula is C25H13BrO. The third kappa shape index (κ3) is 1.43. The van der Waals surface area contributed by atoms with E-state index in [1.165, 1.54) is 44.2 Å². The average Bonchev–Trinajstić information content (AvgIpc) is 3.32. The summed E-state index contributed by atoms with van der Waals surface area (Å²) in [7, 11) is 0. The summed E-state index contributed by atoms with van der Waals surface area (Å²) in [5.74, 6) is 0. The van der Waals surface area contributed by atoms with Gasteiger partial charge >= 0.3 is 0 Å². The first-order valence-electron chi connectivity index (χ1n) is 9.15. The van der Waals surface area contributed by atoms with Gasteiger partial charge in [-0.25, -0.2) is 0 Å². The van der Waals surface area contributed by atoms with Crippen molar-refractivity contribution in [3.05, 3.63) is 106 Å². The zero-order valence-corrected chi connectivity index (χ0v) is 15.9. The summed E-state index contributed by atoms with van der Waals surface area (Å²) in [6, 6.07) is 28.5. The summed E-state index contributed by atoms with van der Waals surface area (Å²) in [6.07, 6.45) is 0. The normalized spacial score (nSPS) is 15.1. The van der Waals surface area contributed by atoms with E-state index < -0.39 is 0 Å². The van der Waals surface area contributed by atoms with Crippen molar-refractivity contribution in [3.63, 3.8) is 0 Å². The van der Waals surface area contributed by atoms with Gasteiger partial charge in [-0.1, -0.05) is 70.5 Å². The van der Waals surface area contributed by atoms with E-state index >= 15 is 0 Å². The molecule has 1 heterocycles. The molecule has 1 aromatic heterocycles. The zero-order chi connectivity index (χ0) is 17.8. The van der Waals surface area contributed by atoms with Crippen molar-refractivity contribution >= 4 is 37.9 Å². The monoisotopic (exact) mass is 408 g/mol. The maximum Gasteiger partial charge on any atom is 0.135 e. The van der Waals surface area contributed by atoms with Crippen LogP contribution >= 0.6 is 15.9 Å². The largest absolute Gasteiger partial charge is 0.456 e. The highest BCUT2D eigenvalue weighted by atomic mass is 79.9. The summed E-state index contributed by atoms with van der Waals surface area (Å²) >= 11 is 3.72. The molecule has 1 spiro atoms. The second-order valence-electron chi connectivity index (χ2n) is 7.44. The maximum absolute atomic E-state index is 6.17. The zero-order valence-electron chi connectivity index (χ0n) is 14.3. The molecule has 2 heteroatoms. The van der Waals surface area contributed by atoms with Crippen LogP contribution in [0, 0.1) is 0 Å². The molecule has 2 aliphatic rings. The van der Waals surface area contributed by atoms with E-state index in [1.807, 2.05) is 0 Å². The lowest BCUT2D eigenvalue weighted by molar-refractivity contribution is 0.664. The van der Waals surface area contributed by atoms with E-state index in [-0.39, 0.29) is 5.41 Å². The van der Waals surface area contributed by atoms with Crippen LogP contribution in [0.2, 0.25) is 0 Å². The molecular weight excluding hydrogens is 396 g/mol. The van der Waals surface area contributed by atoms with Gasteiger partial charge in [0.15, 0.2) is 0 Å². The van der Waals surface area contributed by atoms with Crippen molar-refractivity contribution in [1.29, 1.82) is 0 Å². The molecule has 0 amide bonds. The van der Waals surface area contributed by atoms with Crippen LogP contribution in [0.15, 0.2) is 87.8 Å². The molecule has 4 aromatic carbocycles. The van der Waals surface area contributed by atoms with Gasteiger partial charge < -0.3 is 4.42 Å². The molecule has 1 nitrogen and oxygen atoms in total. The van der Waals surface area contributed by atoms with Crippen LogP contribution in [0.4, 0.5) is 0 Å². The highest BCUT2D eigenvalue weighted by Crippen LogP contribution is 2.62. The molecule has 0 aliphatic heterocycles. The van der Waals surface area contributed by atoms with Crippen LogP contribution in [-0.4, -0.2) is 0 Å². The number of hydrogen-bond acceptors (Lipinski definition) is 1. The van der Waals surface area contributed by atoms with Crippen LogP contribution in [0.5, 0.6) is 0 Å². The summed E-state index contributed by atoms with van der Waals surface area (Å²) in [6.45, 7) is 0. The Morgan fingerprint density at radius 3 is 1.96 bits per heavy atom. The standard InChI is InChI=1S/C25H13BrO/c26-14-11-12-16-15-5-1-2-6-17(15)25(20(16)13-14)18-7-3-9-21-23(18)24-19(25)8-4-10-22(24)27-21/h1-13H. The predicted molar refractivity (Wildman–Crippen MR) is 112 cm³/mol. The van der Waals surface area contributed by atoms with Crippen LogP contribution in [-0.2, 0) is 5.41 Å². The van der Waals surface area contributed by atoms with Crippen molar-refractivity contribution in [3.8, 4) is 11.1 Å². The van der Waals surface area contributed by atoms with E-state index in [1.54, 1.807) is 0 Å². The molecule has 2 aliphatic carbocycles. The smallest absolute Gasteiger partial charge is 0.135 e. The topological polar surface area (TPSA) is 13.1 Å². The lowest BCUT2D eigenvalue weighted by Crippen LogP contribution is -2.26. The molecule has 0 fully saturated rings. The van der Waals surface area contributed by atoms with Gasteiger partial charge in [-0.15, -0.1) is 0 Å². The Morgan fingerprint density at radius 2 is 1.22 bits per heavy atom. The molecule has 0 unspecified atom stereocenters. The van der Waals surface area contributed by atoms with Crippen molar-refractivity contribution in [2.45, 2.75) is 5.41 Å². The first-order chi connectivity index (χ1) is 13.3. The van der Waals surface area contributed by atoms with E-state index in [4.69, 9.17) is 4.42 Å². The molecule has 0 N–H and O–H groups in total. The Hall–Kier alpha value is -2.84. The minimum atomic E-state index is -0.268. The van der Waals surface area contributed by atoms with Gasteiger partial charge in [0, 0.05) is 15.2 Å². The van der Waals surface area contributed by atoms with Gasteiger partial charge in [-0.3, -0.25) is 0 Å². The second kappa shape index (κ2) is 4.52. The summed E-state index contributed by atoms with van der Waals surface area (Å²) in [5, 5.41) is 2.54. The first-order valence-corrected chi connectivity index (χ1v) is 9.94. The molecule has 0 bridgehead atoms. The van der Waals surface area contributed by atoms with Crippen LogP contribution in [0.25, 0.3) is 33.1 Å². The molecule has 7 rings (SSSR count). The fraction of sp³-hybridized carbons (Fsp3) is 0.0400. The Bertz CT molecular complexity index is 1380. The van der Waals surface area contributed by atoms with Gasteiger partial charge in [0.05, 0.1) is 5.41 Å². The number of fused-ring (bicyclic) bond motifs is 7. The third-order valence-corrected chi connectivity index (χ3v) is 6.83. The minimum Gasteiger partial charge on any atom is -0.456 e. The van der Waals surface area contributed by atoms with Gasteiger partial charge in [-0.2, -0.15) is 0 Å². The molecule has 0 radical (unpaired) electrons. The predicted octanol–water partition coefficient (Wildman–Crippen LogP) is 7.03. The van der Waals surface area contributed by atoms with E-state index in [0.717, 1.165) is 15.6 Å². The Labute approximate surface area is 164 Å². The van der Waals surface area contributed by atoms with Crippen molar-refractivity contribution in [1.82, 2.24) is 0 Å². The van der Waals surface area contributed by atoms with Gasteiger partial charge in [0.2, 0.25) is 0 Å². The SMILES string of the molecule is Brc1ccc2c(c1)C1(c3ccccc3-2)c2cccc3oc4cccc1c4c23. The van der Waals surface area contributed by atoms with Crippen LogP contribution in [0.1, 0.15) is 22.3 Å². The Kier molecular flexibility index (Phi) is 2.39. The average molecular weight is 409 g/mol. The van der Waals surface area contributed by atoms with Crippen molar-refractivity contribution in [2.75, 3.05) is 0 Å². The third-order valence-electron chi connectivity index (χ3n) is 6.34. The van der Waals surface area contributed by atoms with Crippen LogP contribution < -0.4 is 0 Å². The number of hydrogen-bond donors (Lipinski definition) is 0. The van der Waals surface area contributed by atoms with E-state index in [0.29, 0.717) is 0 Å². The molecule has 0 saturated heterocycles.